The lowest BCUT2D eigenvalue weighted by atomic mass is 9.94. The number of methoxy groups -OCH3 is 1. The number of Topliss-reactive ketones (excluding diaryl/α,β-unsaturated/α-hetero) is 1. The van der Waals surface area contributed by atoms with E-state index in [1.54, 1.807) is 37.3 Å². The second-order valence-corrected chi connectivity index (χ2v) is 8.27. The second kappa shape index (κ2) is 9.93. The van der Waals surface area contributed by atoms with Crippen LogP contribution in [0.3, 0.4) is 0 Å². The van der Waals surface area contributed by atoms with Crippen LogP contribution in [0.4, 0.5) is 0 Å². The summed E-state index contributed by atoms with van der Waals surface area (Å²) < 4.78 is 11.0. The van der Waals surface area contributed by atoms with Gasteiger partial charge in [0.1, 0.15) is 11.5 Å². The molecule has 35 heavy (non-hydrogen) atoms. The number of benzene rings is 3. The van der Waals surface area contributed by atoms with Crippen molar-refractivity contribution in [2.24, 2.45) is 0 Å². The lowest BCUT2D eigenvalue weighted by Gasteiger charge is -2.26. The molecule has 0 aromatic heterocycles. The van der Waals surface area contributed by atoms with E-state index in [-0.39, 0.29) is 29.4 Å². The normalized spacial score (nSPS) is 17.0. The van der Waals surface area contributed by atoms with Gasteiger partial charge < -0.3 is 24.6 Å². The Morgan fingerprint density at radius 3 is 2.40 bits per heavy atom. The number of ether oxygens (including phenoxy) is 2. The Bertz CT molecular complexity index is 1300. The van der Waals surface area contributed by atoms with Gasteiger partial charge in [-0.05, 0) is 37.6 Å². The molecule has 4 rings (SSSR count). The molecule has 1 aliphatic heterocycles. The van der Waals surface area contributed by atoms with E-state index >= 15 is 0 Å². The standard InChI is InChI=1S/C28H27NO6/c1-4-35-23-15-19(13-14-21(23)30)25-24(26(31)18-11-9-17(2)10-12-18)27(32)28(33)29(25)16-20-7-5-6-8-22(20)34-3/h5-15,25,30-31H,4,16H2,1-3H3/b26-24-. The topological polar surface area (TPSA) is 96.3 Å². The molecule has 1 fully saturated rings. The summed E-state index contributed by atoms with van der Waals surface area (Å²) in [4.78, 5) is 28.0. The molecule has 0 saturated carbocycles. The highest BCUT2D eigenvalue weighted by molar-refractivity contribution is 6.46. The van der Waals surface area contributed by atoms with Crippen LogP contribution in [0.5, 0.6) is 17.2 Å². The van der Waals surface area contributed by atoms with Gasteiger partial charge in [0.2, 0.25) is 0 Å². The molecule has 1 saturated heterocycles. The number of aromatic hydroxyl groups is 1. The molecule has 1 unspecified atom stereocenters. The quantitative estimate of drug-likeness (QED) is 0.293. The lowest BCUT2D eigenvalue weighted by molar-refractivity contribution is -0.140. The predicted molar refractivity (Wildman–Crippen MR) is 131 cm³/mol. The first-order valence-electron chi connectivity index (χ1n) is 11.3. The third-order valence-corrected chi connectivity index (χ3v) is 6.00. The zero-order chi connectivity index (χ0) is 25.1. The van der Waals surface area contributed by atoms with Crippen LogP contribution in [0.15, 0.2) is 72.3 Å². The molecule has 180 valence electrons. The van der Waals surface area contributed by atoms with E-state index in [1.165, 1.54) is 18.1 Å². The number of carbonyl (C=O) groups excluding carboxylic acids is 2. The minimum absolute atomic E-state index is 0.0260. The number of rotatable bonds is 7. The number of nitrogens with zero attached hydrogens (tertiary/aromatic N) is 1. The van der Waals surface area contributed by atoms with Crippen LogP contribution in [-0.2, 0) is 16.1 Å². The number of phenolic OH excluding ortho intramolecular Hbond substituents is 1. The number of aliphatic hydroxyl groups is 1. The molecule has 2 N–H and O–H groups in total. The van der Waals surface area contributed by atoms with Gasteiger partial charge in [-0.3, -0.25) is 9.59 Å². The summed E-state index contributed by atoms with van der Waals surface area (Å²) in [6.45, 7) is 4.11. The Labute approximate surface area is 203 Å². The average Bonchev–Trinajstić information content (AvgIpc) is 3.11. The van der Waals surface area contributed by atoms with E-state index < -0.39 is 17.7 Å². The second-order valence-electron chi connectivity index (χ2n) is 8.27. The van der Waals surface area contributed by atoms with Gasteiger partial charge in [-0.15, -0.1) is 0 Å². The fraction of sp³-hybridized carbons (Fsp3) is 0.214. The van der Waals surface area contributed by atoms with Crippen LogP contribution in [0.1, 0.15) is 35.2 Å². The number of aryl methyl sites for hydroxylation is 1. The van der Waals surface area contributed by atoms with E-state index in [0.29, 0.717) is 29.0 Å². The van der Waals surface area contributed by atoms with E-state index in [1.807, 2.05) is 37.3 Å². The molecule has 3 aromatic rings. The first-order valence-corrected chi connectivity index (χ1v) is 11.3. The van der Waals surface area contributed by atoms with Gasteiger partial charge >= 0.3 is 0 Å². The monoisotopic (exact) mass is 473 g/mol. The molecule has 0 aliphatic carbocycles. The van der Waals surface area contributed by atoms with Gasteiger partial charge in [0.05, 0.1) is 31.9 Å². The molecule has 0 bridgehead atoms. The van der Waals surface area contributed by atoms with Crippen molar-refractivity contribution in [3.63, 3.8) is 0 Å². The summed E-state index contributed by atoms with van der Waals surface area (Å²) in [7, 11) is 1.54. The highest BCUT2D eigenvalue weighted by Crippen LogP contribution is 2.43. The number of amides is 1. The summed E-state index contributed by atoms with van der Waals surface area (Å²) in [6, 6.07) is 18.1. The highest BCUT2D eigenvalue weighted by atomic mass is 16.5. The molecule has 1 heterocycles. The Morgan fingerprint density at radius 1 is 1.00 bits per heavy atom. The minimum atomic E-state index is -0.902. The van der Waals surface area contributed by atoms with E-state index in [4.69, 9.17) is 9.47 Å². The fourth-order valence-corrected chi connectivity index (χ4v) is 4.25. The van der Waals surface area contributed by atoms with Gasteiger partial charge in [0, 0.05) is 11.1 Å². The number of hydrogen-bond acceptors (Lipinski definition) is 6. The Hall–Kier alpha value is -4.26. The largest absolute Gasteiger partial charge is 0.507 e. The highest BCUT2D eigenvalue weighted by Gasteiger charge is 2.46. The number of phenols is 1. The van der Waals surface area contributed by atoms with Gasteiger partial charge in [-0.1, -0.05) is 54.1 Å². The van der Waals surface area contributed by atoms with Crippen LogP contribution in [0, 0.1) is 6.92 Å². The Balaban J connectivity index is 1.89. The zero-order valence-electron chi connectivity index (χ0n) is 19.8. The van der Waals surface area contributed by atoms with Crippen LogP contribution in [0.2, 0.25) is 0 Å². The summed E-state index contributed by atoms with van der Waals surface area (Å²) in [5.74, 6) is -1.04. The van der Waals surface area contributed by atoms with E-state index in [2.05, 4.69) is 0 Å². The molecule has 7 nitrogen and oxygen atoms in total. The van der Waals surface area contributed by atoms with E-state index in [0.717, 1.165) is 5.56 Å². The van der Waals surface area contributed by atoms with Gasteiger partial charge in [-0.25, -0.2) is 0 Å². The first kappa shape index (κ1) is 23.9. The smallest absolute Gasteiger partial charge is 0.295 e. The minimum Gasteiger partial charge on any atom is -0.507 e. The summed E-state index contributed by atoms with van der Waals surface area (Å²) in [5.41, 5.74) is 2.63. The fourth-order valence-electron chi connectivity index (χ4n) is 4.25. The molecule has 3 aromatic carbocycles. The van der Waals surface area contributed by atoms with Crippen molar-refractivity contribution in [3.8, 4) is 17.2 Å². The van der Waals surface area contributed by atoms with Crippen molar-refractivity contribution in [1.82, 2.24) is 4.90 Å². The van der Waals surface area contributed by atoms with Crippen LogP contribution in [0.25, 0.3) is 5.76 Å². The molecule has 0 radical (unpaired) electrons. The van der Waals surface area contributed by atoms with Crippen molar-refractivity contribution in [1.29, 1.82) is 0 Å². The van der Waals surface area contributed by atoms with Crippen LogP contribution in [-0.4, -0.2) is 40.5 Å². The molecule has 0 spiro atoms. The zero-order valence-corrected chi connectivity index (χ0v) is 19.8. The summed E-state index contributed by atoms with van der Waals surface area (Å²) >= 11 is 0. The van der Waals surface area contributed by atoms with Gasteiger partial charge in [-0.2, -0.15) is 0 Å². The maximum atomic E-state index is 13.3. The maximum absolute atomic E-state index is 13.3. The number of aliphatic hydroxyl groups excluding tert-OH is 1. The first-order chi connectivity index (χ1) is 16.8. The van der Waals surface area contributed by atoms with Crippen LogP contribution < -0.4 is 9.47 Å². The SMILES string of the molecule is CCOc1cc(C2/C(=C(/O)c3ccc(C)cc3)C(=O)C(=O)N2Cc2ccccc2OC)ccc1O. The van der Waals surface area contributed by atoms with Crippen LogP contribution >= 0.6 is 0 Å². The predicted octanol–water partition coefficient (Wildman–Crippen LogP) is 4.73. The molecule has 7 heteroatoms. The number of hydrogen-bond donors (Lipinski definition) is 2. The molecule has 1 aliphatic rings. The maximum Gasteiger partial charge on any atom is 0.295 e. The summed E-state index contributed by atoms with van der Waals surface area (Å²) in [5, 5.41) is 21.4. The van der Waals surface area contributed by atoms with Crippen molar-refractivity contribution in [3.05, 3.63) is 94.6 Å². The molecule has 1 atom stereocenters. The third kappa shape index (κ3) is 4.57. The lowest BCUT2D eigenvalue weighted by Crippen LogP contribution is -2.29. The number of para-hydroxylation sites is 1. The van der Waals surface area contributed by atoms with Gasteiger partial charge in [0.15, 0.2) is 11.5 Å². The van der Waals surface area contributed by atoms with Gasteiger partial charge in [0.25, 0.3) is 11.7 Å². The van der Waals surface area contributed by atoms with Crippen molar-refractivity contribution < 1.29 is 29.3 Å². The third-order valence-electron chi connectivity index (χ3n) is 6.00. The van der Waals surface area contributed by atoms with E-state index in [9.17, 15) is 19.8 Å². The average molecular weight is 474 g/mol. The molecular weight excluding hydrogens is 446 g/mol. The Morgan fingerprint density at radius 2 is 1.71 bits per heavy atom. The van der Waals surface area contributed by atoms with Crippen molar-refractivity contribution in [2.75, 3.05) is 13.7 Å². The molecule has 1 amide bonds. The van der Waals surface area contributed by atoms with Crippen molar-refractivity contribution >= 4 is 17.4 Å². The number of carbonyl (C=O) groups is 2. The summed E-state index contributed by atoms with van der Waals surface area (Å²) in [6.07, 6.45) is 0. The number of likely N-dealkylation sites (tertiary alicyclic amines) is 1. The van der Waals surface area contributed by atoms with Crippen molar-refractivity contribution in [2.45, 2.75) is 26.4 Å². The Kier molecular flexibility index (Phi) is 6.78. The number of ketones is 1. The molecular formula is C28H27NO6.